The van der Waals surface area contributed by atoms with E-state index in [0.717, 1.165) is 5.56 Å². The van der Waals surface area contributed by atoms with Crippen LogP contribution in [0.25, 0.3) is 0 Å². The van der Waals surface area contributed by atoms with Crippen LogP contribution in [0.3, 0.4) is 0 Å². The van der Waals surface area contributed by atoms with E-state index in [2.05, 4.69) is 10.2 Å². The molecule has 62 valence electrons. The zero-order chi connectivity index (χ0) is 8.81. The lowest BCUT2D eigenvalue weighted by Gasteiger charge is -1.96. The molecule has 4 heteroatoms. The number of nitrogens with zero attached hydrogens (tertiary/aromatic N) is 2. The molecule has 0 radical (unpaired) electrons. The third-order valence-corrected chi connectivity index (χ3v) is 1.41. The van der Waals surface area contributed by atoms with E-state index in [-0.39, 0.29) is 0 Å². The number of nitrogens with two attached hydrogens (primary N) is 2. The maximum atomic E-state index is 5.13. The van der Waals surface area contributed by atoms with Crippen molar-refractivity contribution in [2.45, 2.75) is 0 Å². The molecular formula is C8H10N4. The molecule has 0 aliphatic rings. The molecule has 0 saturated carbocycles. The molecule has 4 nitrogen and oxygen atoms in total. The molecule has 0 unspecified atom stereocenters. The van der Waals surface area contributed by atoms with Crippen LogP contribution < -0.4 is 11.7 Å². The second-order valence-corrected chi connectivity index (χ2v) is 2.16. The van der Waals surface area contributed by atoms with Crippen LogP contribution >= 0.6 is 0 Å². The molecule has 0 amide bonds. The normalized spacial score (nSPS) is 12.2. The van der Waals surface area contributed by atoms with Crippen molar-refractivity contribution < 1.29 is 0 Å². The van der Waals surface area contributed by atoms with E-state index in [1.165, 1.54) is 6.21 Å². The van der Waals surface area contributed by atoms with Gasteiger partial charge < -0.3 is 11.7 Å². The van der Waals surface area contributed by atoms with Crippen molar-refractivity contribution >= 4 is 11.9 Å². The number of hydrogen-bond donors (Lipinski definition) is 2. The average Bonchev–Trinajstić information content (AvgIpc) is 2.15. The summed E-state index contributed by atoms with van der Waals surface area (Å²) in [6.07, 6.45) is 1.41. The Morgan fingerprint density at radius 3 is 2.33 bits per heavy atom. The van der Waals surface area contributed by atoms with Gasteiger partial charge in [0.2, 0.25) is 0 Å². The first-order chi connectivity index (χ1) is 5.88. The summed E-state index contributed by atoms with van der Waals surface area (Å²) < 4.78 is 0. The van der Waals surface area contributed by atoms with E-state index in [9.17, 15) is 0 Å². The Hall–Kier alpha value is -1.84. The Bertz CT molecular complexity index is 289. The Kier molecular flexibility index (Phi) is 2.84. The molecule has 0 aromatic heterocycles. The largest absolute Gasteiger partial charge is 0.323 e. The highest BCUT2D eigenvalue weighted by molar-refractivity contribution is 6.38. The van der Waals surface area contributed by atoms with Crippen molar-refractivity contribution in [1.29, 1.82) is 0 Å². The molecule has 0 aliphatic heterocycles. The van der Waals surface area contributed by atoms with Gasteiger partial charge >= 0.3 is 0 Å². The van der Waals surface area contributed by atoms with Gasteiger partial charge in [0.05, 0.1) is 6.21 Å². The van der Waals surface area contributed by atoms with Crippen LogP contribution in [-0.4, -0.2) is 11.9 Å². The van der Waals surface area contributed by atoms with Crippen molar-refractivity contribution in [3.05, 3.63) is 35.9 Å². The van der Waals surface area contributed by atoms with Crippen molar-refractivity contribution in [3.63, 3.8) is 0 Å². The monoisotopic (exact) mass is 162 g/mol. The van der Waals surface area contributed by atoms with Crippen LogP contribution in [0.4, 0.5) is 0 Å². The lowest BCUT2D eigenvalue weighted by atomic mass is 10.1. The summed E-state index contributed by atoms with van der Waals surface area (Å²) in [5, 5.41) is 6.88. The lowest BCUT2D eigenvalue weighted by molar-refractivity contribution is 1.24. The number of rotatable bonds is 2. The summed E-state index contributed by atoms with van der Waals surface area (Å²) in [6, 6.07) is 9.47. The van der Waals surface area contributed by atoms with Crippen LogP contribution in [0.2, 0.25) is 0 Å². The molecule has 4 N–H and O–H groups in total. The first-order valence-corrected chi connectivity index (χ1v) is 3.45. The van der Waals surface area contributed by atoms with Crippen molar-refractivity contribution in [2.75, 3.05) is 0 Å². The summed E-state index contributed by atoms with van der Waals surface area (Å²) in [4.78, 5) is 0. The van der Waals surface area contributed by atoms with Crippen molar-refractivity contribution in [2.24, 2.45) is 21.9 Å². The molecule has 1 aromatic carbocycles. The molecule has 0 spiro atoms. The van der Waals surface area contributed by atoms with Crippen LogP contribution in [-0.2, 0) is 0 Å². The lowest BCUT2D eigenvalue weighted by Crippen LogP contribution is -2.06. The molecule has 0 atom stereocenters. The van der Waals surface area contributed by atoms with Crippen LogP contribution in [0.1, 0.15) is 5.56 Å². The van der Waals surface area contributed by atoms with Gasteiger partial charge in [0.1, 0.15) is 5.71 Å². The zero-order valence-corrected chi connectivity index (χ0v) is 6.51. The van der Waals surface area contributed by atoms with Crippen LogP contribution in [0, 0.1) is 0 Å². The minimum absolute atomic E-state index is 0.568. The second-order valence-electron chi connectivity index (χ2n) is 2.16. The molecular weight excluding hydrogens is 152 g/mol. The van der Waals surface area contributed by atoms with E-state index in [1.54, 1.807) is 0 Å². The highest BCUT2D eigenvalue weighted by Gasteiger charge is 1.96. The summed E-state index contributed by atoms with van der Waals surface area (Å²) in [5.41, 5.74) is 1.47. The smallest absolute Gasteiger partial charge is 0.110 e. The van der Waals surface area contributed by atoms with Crippen molar-refractivity contribution in [3.8, 4) is 0 Å². The fraction of sp³-hybridized carbons (Fsp3) is 0. The van der Waals surface area contributed by atoms with E-state index in [0.29, 0.717) is 5.71 Å². The standard InChI is InChI=1S/C8H10N4/c9-11-6-8(12-10)7-4-2-1-3-5-7/h1-6H,9-10H2/b11-6-,12-8+. The van der Waals surface area contributed by atoms with E-state index < -0.39 is 0 Å². The summed E-state index contributed by atoms with van der Waals surface area (Å²) in [7, 11) is 0. The van der Waals surface area contributed by atoms with Gasteiger partial charge in [-0.25, -0.2) is 0 Å². The predicted molar refractivity (Wildman–Crippen MR) is 49.8 cm³/mol. The van der Waals surface area contributed by atoms with Gasteiger partial charge in [0, 0.05) is 5.56 Å². The minimum atomic E-state index is 0.568. The first kappa shape index (κ1) is 8.26. The third kappa shape index (κ3) is 1.82. The predicted octanol–water partition coefficient (Wildman–Crippen LogP) is 0.294. The molecule has 0 fully saturated rings. The van der Waals surface area contributed by atoms with Crippen molar-refractivity contribution in [1.82, 2.24) is 0 Å². The zero-order valence-electron chi connectivity index (χ0n) is 6.51. The van der Waals surface area contributed by atoms with Gasteiger partial charge in [0.15, 0.2) is 0 Å². The minimum Gasteiger partial charge on any atom is -0.323 e. The van der Waals surface area contributed by atoms with Crippen LogP contribution in [0.15, 0.2) is 40.5 Å². The highest BCUT2D eigenvalue weighted by Crippen LogP contribution is 1.98. The Labute approximate surface area is 70.6 Å². The third-order valence-electron chi connectivity index (χ3n) is 1.41. The maximum Gasteiger partial charge on any atom is 0.110 e. The van der Waals surface area contributed by atoms with Gasteiger partial charge in [0.25, 0.3) is 0 Å². The number of benzene rings is 1. The number of hydrogen-bond acceptors (Lipinski definition) is 4. The number of hydrazone groups is 2. The maximum absolute atomic E-state index is 5.13. The summed E-state index contributed by atoms with van der Waals surface area (Å²) in [5.74, 6) is 10.1. The van der Waals surface area contributed by atoms with Gasteiger partial charge in [-0.2, -0.15) is 10.2 Å². The fourth-order valence-corrected chi connectivity index (χ4v) is 0.862. The van der Waals surface area contributed by atoms with E-state index in [1.807, 2.05) is 30.3 Å². The van der Waals surface area contributed by atoms with Gasteiger partial charge in [-0.3, -0.25) is 0 Å². The van der Waals surface area contributed by atoms with E-state index in [4.69, 9.17) is 11.7 Å². The van der Waals surface area contributed by atoms with E-state index >= 15 is 0 Å². The quantitative estimate of drug-likeness (QED) is 0.372. The van der Waals surface area contributed by atoms with Gasteiger partial charge in [-0.15, -0.1) is 0 Å². The average molecular weight is 162 g/mol. The highest BCUT2D eigenvalue weighted by atomic mass is 15.1. The van der Waals surface area contributed by atoms with Gasteiger partial charge in [-0.1, -0.05) is 30.3 Å². The summed E-state index contributed by atoms with van der Waals surface area (Å²) in [6.45, 7) is 0. The molecule has 0 bridgehead atoms. The second kappa shape index (κ2) is 4.12. The molecule has 12 heavy (non-hydrogen) atoms. The Morgan fingerprint density at radius 1 is 1.17 bits per heavy atom. The first-order valence-electron chi connectivity index (χ1n) is 3.45. The molecule has 0 aliphatic carbocycles. The molecule has 0 heterocycles. The fourth-order valence-electron chi connectivity index (χ4n) is 0.862. The molecule has 1 aromatic rings. The van der Waals surface area contributed by atoms with Gasteiger partial charge in [-0.05, 0) is 0 Å². The Morgan fingerprint density at radius 2 is 1.83 bits per heavy atom. The molecule has 0 saturated heterocycles. The topological polar surface area (TPSA) is 76.8 Å². The molecule has 1 rings (SSSR count). The Balaban J connectivity index is 2.97. The summed E-state index contributed by atoms with van der Waals surface area (Å²) >= 11 is 0. The SMILES string of the molecule is N/N=C\C(=N/N)c1ccccc1. The van der Waals surface area contributed by atoms with Crippen LogP contribution in [0.5, 0.6) is 0 Å².